The van der Waals surface area contributed by atoms with Crippen molar-refractivity contribution in [3.63, 3.8) is 0 Å². The molecule has 7 nitrogen and oxygen atoms in total. The number of alkyl halides is 6. The Labute approximate surface area is 216 Å². The van der Waals surface area contributed by atoms with E-state index in [4.69, 9.17) is 0 Å². The average Bonchev–Trinajstić information content (AvgIpc) is 2.85. The highest BCUT2D eigenvalue weighted by atomic mass is 19.4. The lowest BCUT2D eigenvalue weighted by Gasteiger charge is -2.33. The van der Waals surface area contributed by atoms with Crippen molar-refractivity contribution >= 4 is 23.3 Å². The topological polar surface area (TPSA) is 87.2 Å². The normalized spacial score (nSPS) is 16.3. The summed E-state index contributed by atoms with van der Waals surface area (Å²) < 4.78 is 78.4. The van der Waals surface area contributed by atoms with Gasteiger partial charge in [-0.25, -0.2) is 9.97 Å². The van der Waals surface area contributed by atoms with Gasteiger partial charge in [-0.15, -0.1) is 0 Å². The Morgan fingerprint density at radius 1 is 1.03 bits per heavy atom. The molecule has 208 valence electrons. The minimum Gasteiger partial charge on any atom is -0.368 e. The molecule has 13 heteroatoms. The predicted octanol–water partition coefficient (Wildman–Crippen LogP) is 4.87. The monoisotopic (exact) mass is 545 g/mol. The van der Waals surface area contributed by atoms with Crippen LogP contribution >= 0.6 is 0 Å². The second-order valence-electron chi connectivity index (χ2n) is 9.14. The first-order valence-corrected chi connectivity index (χ1v) is 12.2. The Morgan fingerprint density at radius 2 is 1.74 bits per heavy atom. The van der Waals surface area contributed by atoms with E-state index in [0.717, 1.165) is 12.1 Å². The number of anilines is 2. The molecule has 2 heterocycles. The van der Waals surface area contributed by atoms with Gasteiger partial charge in [0.25, 0.3) is 0 Å². The highest BCUT2D eigenvalue weighted by Crippen LogP contribution is 2.32. The molecule has 3 rings (SSSR count). The maximum absolute atomic E-state index is 13.4. The van der Waals surface area contributed by atoms with Crippen LogP contribution in [0.5, 0.6) is 0 Å². The molecule has 1 atom stereocenters. The Balaban J connectivity index is 1.60. The number of nitrogens with one attached hydrogen (secondary N) is 2. The summed E-state index contributed by atoms with van der Waals surface area (Å²) in [6.07, 6.45) is -6.89. The molecular formula is C25H29F6N5O2. The average molecular weight is 546 g/mol. The first-order valence-electron chi connectivity index (χ1n) is 12.2. The molecule has 1 aliphatic rings. The highest BCUT2D eigenvalue weighted by molar-refractivity contribution is 5.81. The predicted molar refractivity (Wildman–Crippen MR) is 129 cm³/mol. The number of carbonyl (C=O) groups excluding carboxylic acids is 2. The zero-order valence-corrected chi connectivity index (χ0v) is 20.8. The maximum atomic E-state index is 13.4. The second-order valence-corrected chi connectivity index (χ2v) is 9.14. The van der Waals surface area contributed by atoms with Crippen LogP contribution in [0, 0.1) is 5.92 Å². The first-order chi connectivity index (χ1) is 17.8. The van der Waals surface area contributed by atoms with Gasteiger partial charge in [0.1, 0.15) is 17.4 Å². The van der Waals surface area contributed by atoms with Crippen LogP contribution in [0.1, 0.15) is 49.6 Å². The number of amides is 1. The van der Waals surface area contributed by atoms with E-state index in [9.17, 15) is 35.9 Å². The Morgan fingerprint density at radius 3 is 2.37 bits per heavy atom. The van der Waals surface area contributed by atoms with Crippen LogP contribution in [0.2, 0.25) is 0 Å². The van der Waals surface area contributed by atoms with E-state index in [1.807, 2.05) is 0 Å². The van der Waals surface area contributed by atoms with Gasteiger partial charge in [0.15, 0.2) is 0 Å². The number of hydrogen-bond acceptors (Lipinski definition) is 6. The van der Waals surface area contributed by atoms with Crippen LogP contribution in [0.15, 0.2) is 30.3 Å². The third kappa shape index (κ3) is 8.59. The SMILES string of the molecule is CC(=O)NCCNc1cc(N2CCC[C@@H](C(=O)CCCc3ccc(C(F)(F)F)cc3)C2)nc(C(F)(F)F)n1. The number of ketones is 1. The Bertz CT molecular complexity index is 1100. The summed E-state index contributed by atoms with van der Waals surface area (Å²) >= 11 is 0. The van der Waals surface area contributed by atoms with E-state index in [-0.39, 0.29) is 49.4 Å². The summed E-state index contributed by atoms with van der Waals surface area (Å²) in [5.41, 5.74) is -0.0422. The van der Waals surface area contributed by atoms with E-state index >= 15 is 0 Å². The molecule has 1 fully saturated rings. The van der Waals surface area contributed by atoms with Crippen LogP contribution in [0.4, 0.5) is 38.0 Å². The molecule has 1 aromatic carbocycles. The standard InChI is InChI=1S/C25H29F6N5O2/c1-16(37)32-11-12-33-21-14-22(35-23(34-21)25(29,30)31)36-13-3-5-18(15-36)20(38)6-2-4-17-7-9-19(10-8-17)24(26,27)28/h7-10,14,18H,2-6,11-13,15H2,1H3,(H,32,37)(H,33,34,35)/t18-/m1/s1. The molecular weight excluding hydrogens is 516 g/mol. The quantitative estimate of drug-likeness (QED) is 0.327. The highest BCUT2D eigenvalue weighted by Gasteiger charge is 2.36. The number of rotatable bonds is 10. The summed E-state index contributed by atoms with van der Waals surface area (Å²) in [5.74, 6) is -2.00. The van der Waals surface area contributed by atoms with Crippen LogP contribution in [-0.2, 0) is 28.4 Å². The van der Waals surface area contributed by atoms with Crippen molar-refractivity contribution in [3.05, 3.63) is 47.3 Å². The maximum Gasteiger partial charge on any atom is 0.451 e. The van der Waals surface area contributed by atoms with Crippen molar-refractivity contribution in [3.8, 4) is 0 Å². The van der Waals surface area contributed by atoms with E-state index in [1.54, 1.807) is 4.90 Å². The van der Waals surface area contributed by atoms with E-state index in [1.165, 1.54) is 25.1 Å². The van der Waals surface area contributed by atoms with Gasteiger partial charge in [0.2, 0.25) is 11.7 Å². The van der Waals surface area contributed by atoms with Crippen LogP contribution in [-0.4, -0.2) is 47.8 Å². The number of nitrogens with zero attached hydrogens (tertiary/aromatic N) is 3. The third-order valence-electron chi connectivity index (χ3n) is 6.14. The smallest absolute Gasteiger partial charge is 0.368 e. The number of hydrogen-bond donors (Lipinski definition) is 2. The fourth-order valence-electron chi connectivity index (χ4n) is 4.22. The molecule has 1 amide bonds. The lowest BCUT2D eigenvalue weighted by atomic mass is 9.90. The summed E-state index contributed by atoms with van der Waals surface area (Å²) in [7, 11) is 0. The zero-order chi connectivity index (χ0) is 27.9. The number of aromatic nitrogens is 2. The van der Waals surface area contributed by atoms with Gasteiger partial charge in [-0.05, 0) is 43.4 Å². The Hall–Kier alpha value is -3.38. The molecule has 0 unspecified atom stereocenters. The molecule has 1 aliphatic heterocycles. The van der Waals surface area contributed by atoms with Gasteiger partial charge in [-0.2, -0.15) is 26.3 Å². The summed E-state index contributed by atoms with van der Waals surface area (Å²) in [4.78, 5) is 32.7. The molecule has 0 spiro atoms. The number of benzene rings is 1. The number of halogens is 6. The molecule has 0 radical (unpaired) electrons. The van der Waals surface area contributed by atoms with Gasteiger partial charge < -0.3 is 15.5 Å². The van der Waals surface area contributed by atoms with E-state index in [2.05, 4.69) is 20.6 Å². The lowest BCUT2D eigenvalue weighted by Crippen LogP contribution is -2.39. The molecule has 2 N–H and O–H groups in total. The molecule has 0 saturated carbocycles. The molecule has 0 bridgehead atoms. The minimum absolute atomic E-state index is 0.0413. The first kappa shape index (κ1) is 29.2. The van der Waals surface area contributed by atoms with Crippen LogP contribution < -0.4 is 15.5 Å². The fraction of sp³-hybridized carbons (Fsp3) is 0.520. The van der Waals surface area contributed by atoms with Crippen molar-refractivity contribution in [2.45, 2.75) is 51.4 Å². The third-order valence-corrected chi connectivity index (χ3v) is 6.14. The number of piperidine rings is 1. The van der Waals surface area contributed by atoms with Crippen molar-refractivity contribution in [2.24, 2.45) is 5.92 Å². The van der Waals surface area contributed by atoms with Crippen LogP contribution in [0.3, 0.4) is 0 Å². The summed E-state index contributed by atoms with van der Waals surface area (Å²) in [6, 6.07) is 6.20. The van der Waals surface area contributed by atoms with Gasteiger partial charge in [-0.1, -0.05) is 12.1 Å². The zero-order valence-electron chi connectivity index (χ0n) is 20.8. The van der Waals surface area contributed by atoms with Gasteiger partial charge >= 0.3 is 12.4 Å². The van der Waals surface area contributed by atoms with Crippen molar-refractivity contribution in [2.75, 3.05) is 36.4 Å². The largest absolute Gasteiger partial charge is 0.451 e. The molecule has 1 aromatic heterocycles. The minimum atomic E-state index is -4.77. The van der Waals surface area contributed by atoms with Gasteiger partial charge in [0.05, 0.1) is 5.56 Å². The summed E-state index contributed by atoms with van der Waals surface area (Å²) in [6.45, 7) is 2.32. The van der Waals surface area contributed by atoms with Gasteiger partial charge in [-0.3, -0.25) is 9.59 Å². The molecule has 1 saturated heterocycles. The van der Waals surface area contributed by atoms with E-state index in [0.29, 0.717) is 37.8 Å². The van der Waals surface area contributed by atoms with Crippen molar-refractivity contribution in [1.82, 2.24) is 15.3 Å². The van der Waals surface area contributed by atoms with Gasteiger partial charge in [0, 0.05) is 51.5 Å². The number of carbonyl (C=O) groups is 2. The fourth-order valence-corrected chi connectivity index (χ4v) is 4.22. The molecule has 2 aromatic rings. The second kappa shape index (κ2) is 12.4. The number of Topliss-reactive ketones (excluding diaryl/α,β-unsaturated/α-hetero) is 1. The molecule has 38 heavy (non-hydrogen) atoms. The number of aryl methyl sites for hydroxylation is 1. The lowest BCUT2D eigenvalue weighted by molar-refractivity contribution is -0.144. The van der Waals surface area contributed by atoms with Crippen LogP contribution in [0.25, 0.3) is 0 Å². The van der Waals surface area contributed by atoms with Crippen molar-refractivity contribution < 1.29 is 35.9 Å². The van der Waals surface area contributed by atoms with Crippen molar-refractivity contribution in [1.29, 1.82) is 0 Å². The van der Waals surface area contributed by atoms with E-state index < -0.39 is 29.7 Å². The molecule has 0 aliphatic carbocycles. The summed E-state index contributed by atoms with van der Waals surface area (Å²) in [5, 5.41) is 5.29. The Kier molecular flexibility index (Phi) is 9.55.